The quantitative estimate of drug-likeness (QED) is 0.791. The Hall–Kier alpha value is -0.860. The molecule has 15 heavy (non-hydrogen) atoms. The van der Waals surface area contributed by atoms with E-state index in [1.54, 1.807) is 0 Å². The van der Waals surface area contributed by atoms with Gasteiger partial charge in [-0.2, -0.15) is 0 Å². The van der Waals surface area contributed by atoms with Crippen LogP contribution in [0.5, 0.6) is 0 Å². The average Bonchev–Trinajstić information content (AvgIpc) is 2.16. The van der Waals surface area contributed by atoms with E-state index in [1.807, 2.05) is 18.2 Å². The van der Waals surface area contributed by atoms with Gasteiger partial charge in [-0.05, 0) is 32.8 Å². The lowest BCUT2D eigenvalue weighted by Crippen LogP contribution is -2.46. The van der Waals surface area contributed by atoms with E-state index in [0.717, 1.165) is 6.42 Å². The highest BCUT2D eigenvalue weighted by Gasteiger charge is 2.16. The monoisotopic (exact) mass is 207 g/mol. The molecule has 1 rings (SSSR count). The number of aliphatic hydroxyl groups is 1. The van der Waals surface area contributed by atoms with Gasteiger partial charge < -0.3 is 10.4 Å². The number of hydrogen-bond acceptors (Lipinski definition) is 2. The smallest absolute Gasteiger partial charge is 0.0588 e. The first-order chi connectivity index (χ1) is 7.01. The van der Waals surface area contributed by atoms with E-state index in [2.05, 4.69) is 38.2 Å². The zero-order valence-electron chi connectivity index (χ0n) is 9.83. The summed E-state index contributed by atoms with van der Waals surface area (Å²) in [6.45, 7) is 6.51. The second-order valence-electron chi connectivity index (χ2n) is 4.96. The number of nitrogens with one attached hydrogen (secondary N) is 1. The molecule has 0 aromatic heterocycles. The summed E-state index contributed by atoms with van der Waals surface area (Å²) in [7, 11) is 0. The Kier molecular flexibility index (Phi) is 4.30. The fourth-order valence-corrected chi connectivity index (χ4v) is 1.67. The van der Waals surface area contributed by atoms with Crippen LogP contribution >= 0.6 is 0 Å². The van der Waals surface area contributed by atoms with E-state index in [0.29, 0.717) is 0 Å². The van der Waals surface area contributed by atoms with Crippen LogP contribution < -0.4 is 5.32 Å². The molecule has 1 atom stereocenters. The molecular formula is C13H21NO. The molecule has 0 spiro atoms. The average molecular weight is 207 g/mol. The summed E-state index contributed by atoms with van der Waals surface area (Å²) >= 11 is 0. The number of rotatable bonds is 4. The highest BCUT2D eigenvalue weighted by Crippen LogP contribution is 2.07. The van der Waals surface area contributed by atoms with Crippen molar-refractivity contribution >= 4 is 0 Å². The van der Waals surface area contributed by atoms with Crippen molar-refractivity contribution in [2.45, 2.75) is 38.8 Å². The molecule has 0 radical (unpaired) electrons. The van der Waals surface area contributed by atoms with Crippen LogP contribution in [0.15, 0.2) is 30.3 Å². The molecule has 0 saturated carbocycles. The molecule has 0 amide bonds. The highest BCUT2D eigenvalue weighted by molar-refractivity contribution is 5.16. The predicted molar refractivity (Wildman–Crippen MR) is 63.9 cm³/mol. The van der Waals surface area contributed by atoms with Gasteiger partial charge in [-0.25, -0.2) is 0 Å². The second-order valence-corrected chi connectivity index (χ2v) is 4.96. The number of aliphatic hydroxyl groups excluding tert-OH is 1. The Labute approximate surface area is 92.3 Å². The Balaban J connectivity index is 2.55. The first-order valence-corrected chi connectivity index (χ1v) is 5.44. The summed E-state index contributed by atoms with van der Waals surface area (Å²) in [5, 5.41) is 12.7. The maximum Gasteiger partial charge on any atom is 0.0588 e. The molecule has 0 aliphatic heterocycles. The van der Waals surface area contributed by atoms with Gasteiger partial charge in [0.25, 0.3) is 0 Å². The molecule has 2 heteroatoms. The summed E-state index contributed by atoms with van der Waals surface area (Å²) in [5.41, 5.74) is 1.30. The van der Waals surface area contributed by atoms with Crippen molar-refractivity contribution in [3.63, 3.8) is 0 Å². The van der Waals surface area contributed by atoms with E-state index < -0.39 is 0 Å². The normalized spacial score (nSPS) is 13.9. The van der Waals surface area contributed by atoms with Crippen LogP contribution in [0.3, 0.4) is 0 Å². The molecule has 0 aliphatic rings. The molecule has 2 nitrogen and oxygen atoms in total. The second kappa shape index (κ2) is 5.29. The first-order valence-electron chi connectivity index (χ1n) is 5.44. The van der Waals surface area contributed by atoms with Crippen molar-refractivity contribution in [3.05, 3.63) is 35.9 Å². The van der Waals surface area contributed by atoms with E-state index in [4.69, 9.17) is 0 Å². The third kappa shape index (κ3) is 4.96. The minimum atomic E-state index is 0.0438. The number of hydrogen-bond donors (Lipinski definition) is 2. The van der Waals surface area contributed by atoms with Crippen molar-refractivity contribution < 1.29 is 5.11 Å². The maximum atomic E-state index is 9.29. The van der Waals surface area contributed by atoms with Crippen LogP contribution in [-0.4, -0.2) is 23.3 Å². The summed E-state index contributed by atoms with van der Waals surface area (Å²) in [5.74, 6) is 0. The Morgan fingerprint density at radius 1 is 1.20 bits per heavy atom. The van der Waals surface area contributed by atoms with Crippen molar-refractivity contribution in [3.8, 4) is 0 Å². The lowest BCUT2D eigenvalue weighted by atomic mass is 10.0. The van der Waals surface area contributed by atoms with E-state index in [9.17, 15) is 5.11 Å². The molecule has 0 fully saturated rings. The molecule has 0 bridgehead atoms. The summed E-state index contributed by atoms with van der Waals surface area (Å²) in [6.07, 6.45) is 0.870. The van der Waals surface area contributed by atoms with Gasteiger partial charge in [0, 0.05) is 11.6 Å². The molecule has 1 aromatic rings. The van der Waals surface area contributed by atoms with Crippen LogP contribution in [0.4, 0.5) is 0 Å². The van der Waals surface area contributed by atoms with Gasteiger partial charge in [0.1, 0.15) is 0 Å². The van der Waals surface area contributed by atoms with Crippen LogP contribution in [-0.2, 0) is 6.42 Å². The van der Waals surface area contributed by atoms with Gasteiger partial charge in [0.15, 0.2) is 0 Å². The van der Waals surface area contributed by atoms with Gasteiger partial charge >= 0.3 is 0 Å². The Bertz CT molecular complexity index is 276. The van der Waals surface area contributed by atoms with Crippen LogP contribution in [0.1, 0.15) is 26.3 Å². The largest absolute Gasteiger partial charge is 0.395 e. The summed E-state index contributed by atoms with van der Waals surface area (Å²) in [6, 6.07) is 10.4. The van der Waals surface area contributed by atoms with E-state index >= 15 is 0 Å². The molecule has 84 valence electrons. The molecule has 0 saturated heterocycles. The van der Waals surface area contributed by atoms with Crippen molar-refractivity contribution in [1.29, 1.82) is 0 Å². The predicted octanol–water partition coefficient (Wildman–Crippen LogP) is 1.98. The molecule has 1 aromatic carbocycles. The topological polar surface area (TPSA) is 32.3 Å². The van der Waals surface area contributed by atoms with Gasteiger partial charge in [0.05, 0.1) is 6.61 Å². The maximum absolute atomic E-state index is 9.29. The zero-order valence-corrected chi connectivity index (χ0v) is 9.83. The first kappa shape index (κ1) is 12.2. The van der Waals surface area contributed by atoms with Crippen LogP contribution in [0, 0.1) is 0 Å². The van der Waals surface area contributed by atoms with Gasteiger partial charge in [-0.3, -0.25) is 0 Å². The fraction of sp³-hybridized carbons (Fsp3) is 0.538. The molecule has 1 unspecified atom stereocenters. The van der Waals surface area contributed by atoms with Gasteiger partial charge in [0.2, 0.25) is 0 Å². The number of benzene rings is 1. The van der Waals surface area contributed by atoms with E-state index in [-0.39, 0.29) is 18.2 Å². The van der Waals surface area contributed by atoms with E-state index in [1.165, 1.54) is 5.56 Å². The lowest BCUT2D eigenvalue weighted by Gasteiger charge is -2.27. The SMILES string of the molecule is CC(C)(C)NC(CO)Cc1ccccc1. The van der Waals surface area contributed by atoms with Crippen LogP contribution in [0.2, 0.25) is 0 Å². The third-order valence-corrected chi connectivity index (χ3v) is 2.18. The highest BCUT2D eigenvalue weighted by atomic mass is 16.3. The van der Waals surface area contributed by atoms with Gasteiger partial charge in [-0.1, -0.05) is 30.3 Å². The minimum absolute atomic E-state index is 0.0438. The fourth-order valence-electron chi connectivity index (χ4n) is 1.67. The zero-order chi connectivity index (χ0) is 11.3. The Morgan fingerprint density at radius 2 is 1.80 bits per heavy atom. The molecular weight excluding hydrogens is 186 g/mol. The summed E-state index contributed by atoms with van der Waals surface area (Å²) < 4.78 is 0. The summed E-state index contributed by atoms with van der Waals surface area (Å²) in [4.78, 5) is 0. The molecule has 0 aliphatic carbocycles. The van der Waals surface area contributed by atoms with Crippen LogP contribution in [0.25, 0.3) is 0 Å². The lowest BCUT2D eigenvalue weighted by molar-refractivity contribution is 0.215. The van der Waals surface area contributed by atoms with Crippen molar-refractivity contribution in [2.75, 3.05) is 6.61 Å². The molecule has 2 N–H and O–H groups in total. The minimum Gasteiger partial charge on any atom is -0.395 e. The Morgan fingerprint density at radius 3 is 2.27 bits per heavy atom. The van der Waals surface area contributed by atoms with Crippen molar-refractivity contribution in [2.24, 2.45) is 0 Å². The standard InChI is InChI=1S/C13H21NO/c1-13(2,3)14-12(10-15)9-11-7-5-4-6-8-11/h4-8,12,14-15H,9-10H2,1-3H3. The third-order valence-electron chi connectivity index (χ3n) is 2.18. The van der Waals surface area contributed by atoms with Crippen molar-refractivity contribution in [1.82, 2.24) is 5.32 Å². The molecule has 0 heterocycles. The van der Waals surface area contributed by atoms with Gasteiger partial charge in [-0.15, -0.1) is 0 Å².